The zero-order valence-corrected chi connectivity index (χ0v) is 9.60. The summed E-state index contributed by atoms with van der Waals surface area (Å²) in [5, 5.41) is 19.8. The van der Waals surface area contributed by atoms with E-state index in [4.69, 9.17) is 0 Å². The molecular formula is C14H15NO2. The molecule has 0 heterocycles. The van der Waals surface area contributed by atoms with Crippen LogP contribution in [0.3, 0.4) is 0 Å². The molecule has 3 nitrogen and oxygen atoms in total. The summed E-state index contributed by atoms with van der Waals surface area (Å²) in [7, 11) is 0. The third-order valence-corrected chi connectivity index (χ3v) is 3.44. The molecule has 3 heteroatoms. The Hall–Kier alpha value is -1.66. The standard InChI is InChI=1S/C14H15NO2/c15-10-14(17,11-6-2-1-3-7-11)12-8-4-5-9-13(12)16/h1-3,6-7,12,17H,4-5,8-9H2/t12-,14-/m0/s1. The number of nitrogens with zero attached hydrogens (tertiary/aromatic N) is 1. The smallest absolute Gasteiger partial charge is 0.186 e. The lowest BCUT2D eigenvalue weighted by molar-refractivity contribution is -0.132. The Kier molecular flexibility index (Phi) is 3.26. The maximum Gasteiger partial charge on any atom is 0.186 e. The van der Waals surface area contributed by atoms with Crippen LogP contribution in [0.4, 0.5) is 0 Å². The van der Waals surface area contributed by atoms with Crippen LogP contribution in [0.25, 0.3) is 0 Å². The van der Waals surface area contributed by atoms with Crippen molar-refractivity contribution in [2.75, 3.05) is 0 Å². The molecule has 1 aliphatic carbocycles. The van der Waals surface area contributed by atoms with Crippen molar-refractivity contribution in [2.24, 2.45) is 5.92 Å². The second-order valence-electron chi connectivity index (χ2n) is 4.51. The molecule has 1 fully saturated rings. The maximum absolute atomic E-state index is 11.9. The summed E-state index contributed by atoms with van der Waals surface area (Å²) in [6, 6.07) is 10.7. The van der Waals surface area contributed by atoms with Crippen molar-refractivity contribution < 1.29 is 9.90 Å². The average molecular weight is 229 g/mol. The molecule has 1 aromatic rings. The number of Topliss-reactive ketones (excluding diaryl/α,β-unsaturated/α-hetero) is 1. The third kappa shape index (κ3) is 2.09. The van der Waals surface area contributed by atoms with Crippen LogP contribution < -0.4 is 0 Å². The SMILES string of the molecule is N#C[C@](O)(c1ccccc1)[C@H]1CCCCC1=O. The summed E-state index contributed by atoms with van der Waals surface area (Å²) >= 11 is 0. The lowest BCUT2D eigenvalue weighted by atomic mass is 9.73. The van der Waals surface area contributed by atoms with Gasteiger partial charge in [-0.05, 0) is 18.4 Å². The van der Waals surface area contributed by atoms with Crippen molar-refractivity contribution >= 4 is 5.78 Å². The molecule has 0 saturated heterocycles. The van der Waals surface area contributed by atoms with E-state index in [9.17, 15) is 15.2 Å². The highest BCUT2D eigenvalue weighted by Gasteiger charge is 2.43. The van der Waals surface area contributed by atoms with E-state index in [1.807, 2.05) is 12.1 Å². The summed E-state index contributed by atoms with van der Waals surface area (Å²) in [5.74, 6) is -0.576. The summed E-state index contributed by atoms with van der Waals surface area (Å²) in [4.78, 5) is 11.9. The molecule has 0 aromatic heterocycles. The predicted octanol–water partition coefficient (Wildman–Crippen LogP) is 2.16. The van der Waals surface area contributed by atoms with Gasteiger partial charge in [0.05, 0.1) is 5.92 Å². The monoisotopic (exact) mass is 229 g/mol. The number of hydrogen-bond donors (Lipinski definition) is 1. The van der Waals surface area contributed by atoms with E-state index in [-0.39, 0.29) is 5.78 Å². The molecule has 0 unspecified atom stereocenters. The van der Waals surface area contributed by atoms with Gasteiger partial charge in [-0.25, -0.2) is 0 Å². The van der Waals surface area contributed by atoms with Crippen molar-refractivity contribution in [1.29, 1.82) is 5.26 Å². The number of nitriles is 1. The lowest BCUT2D eigenvalue weighted by Gasteiger charge is -2.32. The number of benzene rings is 1. The van der Waals surface area contributed by atoms with Gasteiger partial charge in [0.15, 0.2) is 5.60 Å². The van der Waals surface area contributed by atoms with E-state index in [2.05, 4.69) is 0 Å². The first-order chi connectivity index (χ1) is 8.18. The summed E-state index contributed by atoms with van der Waals surface area (Å²) in [5.41, 5.74) is -1.15. The van der Waals surface area contributed by atoms with Crippen LogP contribution in [0.1, 0.15) is 31.2 Å². The highest BCUT2D eigenvalue weighted by molar-refractivity contribution is 5.83. The van der Waals surface area contributed by atoms with Crippen molar-refractivity contribution in [3.05, 3.63) is 35.9 Å². The van der Waals surface area contributed by atoms with E-state index in [1.165, 1.54) is 0 Å². The molecular weight excluding hydrogens is 214 g/mol. The minimum atomic E-state index is -1.67. The molecule has 0 amide bonds. The van der Waals surface area contributed by atoms with Crippen molar-refractivity contribution in [3.63, 3.8) is 0 Å². The van der Waals surface area contributed by atoms with Gasteiger partial charge >= 0.3 is 0 Å². The van der Waals surface area contributed by atoms with Gasteiger partial charge in [0, 0.05) is 6.42 Å². The van der Waals surface area contributed by atoms with Crippen molar-refractivity contribution in [3.8, 4) is 6.07 Å². The molecule has 0 bridgehead atoms. The largest absolute Gasteiger partial charge is 0.371 e. The zero-order chi connectivity index (χ0) is 12.3. The van der Waals surface area contributed by atoms with Gasteiger partial charge in [-0.3, -0.25) is 4.79 Å². The second-order valence-corrected chi connectivity index (χ2v) is 4.51. The van der Waals surface area contributed by atoms with Crippen LogP contribution in [0.15, 0.2) is 30.3 Å². The summed E-state index contributed by atoms with van der Waals surface area (Å²) < 4.78 is 0. The Morgan fingerprint density at radius 3 is 2.59 bits per heavy atom. The van der Waals surface area contributed by atoms with Gasteiger partial charge in [0.1, 0.15) is 11.9 Å². The lowest BCUT2D eigenvalue weighted by Crippen LogP contribution is -2.40. The molecule has 2 atom stereocenters. The van der Waals surface area contributed by atoms with E-state index in [0.29, 0.717) is 18.4 Å². The first-order valence-electron chi connectivity index (χ1n) is 5.90. The van der Waals surface area contributed by atoms with Gasteiger partial charge in [0.2, 0.25) is 0 Å². The number of hydrogen-bond acceptors (Lipinski definition) is 3. The molecule has 0 aliphatic heterocycles. The Labute approximate surface area is 101 Å². The van der Waals surface area contributed by atoms with Gasteiger partial charge in [-0.15, -0.1) is 0 Å². The predicted molar refractivity (Wildman–Crippen MR) is 62.9 cm³/mol. The van der Waals surface area contributed by atoms with Crippen LogP contribution in [0, 0.1) is 17.2 Å². The van der Waals surface area contributed by atoms with Crippen LogP contribution >= 0.6 is 0 Å². The second kappa shape index (κ2) is 4.68. The van der Waals surface area contributed by atoms with Gasteiger partial charge in [0.25, 0.3) is 0 Å². The first kappa shape index (κ1) is 11.8. The number of carbonyl (C=O) groups excluding carboxylic acids is 1. The Morgan fingerprint density at radius 1 is 1.29 bits per heavy atom. The van der Waals surface area contributed by atoms with Crippen molar-refractivity contribution in [1.82, 2.24) is 0 Å². The summed E-state index contributed by atoms with van der Waals surface area (Å²) in [6.45, 7) is 0. The molecule has 2 rings (SSSR count). The highest BCUT2D eigenvalue weighted by Crippen LogP contribution is 2.36. The van der Waals surface area contributed by atoms with E-state index in [0.717, 1.165) is 12.8 Å². The zero-order valence-electron chi connectivity index (χ0n) is 9.60. The molecule has 1 N–H and O–H groups in total. The van der Waals surface area contributed by atoms with Crippen LogP contribution in [0.2, 0.25) is 0 Å². The minimum Gasteiger partial charge on any atom is -0.371 e. The molecule has 1 saturated carbocycles. The summed E-state index contributed by atoms with van der Waals surface area (Å²) in [6.07, 6.45) is 2.83. The Balaban J connectivity index is 2.38. The number of aliphatic hydroxyl groups is 1. The fourth-order valence-corrected chi connectivity index (χ4v) is 2.46. The average Bonchev–Trinajstić information content (AvgIpc) is 2.39. The normalized spacial score (nSPS) is 23.8. The quantitative estimate of drug-likeness (QED) is 0.790. The van der Waals surface area contributed by atoms with Crippen LogP contribution in [0.5, 0.6) is 0 Å². The molecule has 1 aliphatic rings. The molecule has 1 aromatic carbocycles. The minimum absolute atomic E-state index is 0.00385. The fourth-order valence-electron chi connectivity index (χ4n) is 2.46. The molecule has 0 spiro atoms. The number of carbonyl (C=O) groups is 1. The van der Waals surface area contributed by atoms with Gasteiger partial charge in [-0.1, -0.05) is 36.8 Å². The van der Waals surface area contributed by atoms with Crippen molar-refractivity contribution in [2.45, 2.75) is 31.3 Å². The Morgan fingerprint density at radius 2 is 2.00 bits per heavy atom. The highest BCUT2D eigenvalue weighted by atomic mass is 16.3. The van der Waals surface area contributed by atoms with Crippen LogP contribution in [-0.2, 0) is 10.4 Å². The van der Waals surface area contributed by atoms with E-state index in [1.54, 1.807) is 24.3 Å². The molecule has 88 valence electrons. The van der Waals surface area contributed by atoms with Gasteiger partial charge in [-0.2, -0.15) is 5.26 Å². The molecule has 0 radical (unpaired) electrons. The van der Waals surface area contributed by atoms with Crippen LogP contribution in [-0.4, -0.2) is 10.9 Å². The first-order valence-corrected chi connectivity index (χ1v) is 5.90. The fraction of sp³-hybridized carbons (Fsp3) is 0.429. The number of rotatable bonds is 2. The maximum atomic E-state index is 11.9. The van der Waals surface area contributed by atoms with Gasteiger partial charge < -0.3 is 5.11 Å². The van der Waals surface area contributed by atoms with E-state index >= 15 is 0 Å². The third-order valence-electron chi connectivity index (χ3n) is 3.44. The van der Waals surface area contributed by atoms with E-state index < -0.39 is 11.5 Å². The Bertz CT molecular complexity index is 449. The molecule has 17 heavy (non-hydrogen) atoms. The number of ketones is 1. The topological polar surface area (TPSA) is 61.1 Å².